The molecule has 2 nitrogen and oxygen atoms in total. The Morgan fingerprint density at radius 2 is 2.50 bits per heavy atom. The van der Waals surface area contributed by atoms with E-state index in [0.717, 1.165) is 19.7 Å². The number of likely N-dealkylation sites (N-methyl/N-ethyl adjacent to an activating group) is 1. The van der Waals surface area contributed by atoms with Crippen molar-refractivity contribution in [1.82, 2.24) is 4.90 Å². The van der Waals surface area contributed by atoms with Crippen molar-refractivity contribution in [3.63, 3.8) is 0 Å². The van der Waals surface area contributed by atoms with E-state index in [-0.39, 0.29) is 0 Å². The molecule has 46 valence electrons. The van der Waals surface area contributed by atoms with Crippen molar-refractivity contribution in [2.75, 3.05) is 26.7 Å². The van der Waals surface area contributed by atoms with E-state index in [9.17, 15) is 0 Å². The molecule has 1 aliphatic rings. The third-order valence-corrected chi connectivity index (χ3v) is 2.02. The van der Waals surface area contributed by atoms with Crippen LogP contribution in [0.4, 0.5) is 0 Å². The number of hydrogen-bond donors (Lipinski definition) is 0. The van der Waals surface area contributed by atoms with Gasteiger partial charge in [0.2, 0.25) is 0 Å². The molecule has 8 heavy (non-hydrogen) atoms. The van der Waals surface area contributed by atoms with Crippen LogP contribution in [-0.4, -0.2) is 35.7 Å². The van der Waals surface area contributed by atoms with E-state index in [1.165, 1.54) is 23.4 Å². The molecule has 0 aromatic rings. The van der Waals surface area contributed by atoms with Gasteiger partial charge in [0.1, 0.15) is 0 Å². The van der Waals surface area contributed by atoms with Gasteiger partial charge in [-0.3, -0.25) is 0 Å². The Bertz CT molecular complexity index is 105. The van der Waals surface area contributed by atoms with Crippen molar-refractivity contribution >= 4 is 4.08 Å². The van der Waals surface area contributed by atoms with Crippen LogP contribution >= 0.6 is 0 Å². The van der Waals surface area contributed by atoms with Crippen LogP contribution in [0.2, 0.25) is 0 Å². The second-order valence-corrected chi connectivity index (χ2v) is 3.59. The number of hydrogen-bond acceptors (Lipinski definition) is 2. The minimum absolute atomic E-state index is 0.884. The molecule has 1 fully saturated rings. The zero-order valence-corrected chi connectivity index (χ0v) is 7.82. The van der Waals surface area contributed by atoms with Gasteiger partial charge in [-0.1, -0.05) is 0 Å². The van der Waals surface area contributed by atoms with Crippen LogP contribution in [0.1, 0.15) is 0 Å². The Morgan fingerprint density at radius 1 is 1.75 bits per heavy atom. The van der Waals surface area contributed by atoms with Gasteiger partial charge in [0.25, 0.3) is 0 Å². The van der Waals surface area contributed by atoms with E-state index < -0.39 is 0 Å². The van der Waals surface area contributed by atoms with Gasteiger partial charge in [-0.2, -0.15) is 0 Å². The summed E-state index contributed by atoms with van der Waals surface area (Å²) in [5.74, 6) is 0. The number of morpholine rings is 1. The molecular weight excluding hydrogens is 274 g/mol. The molecule has 0 aromatic carbocycles. The first kappa shape index (κ1) is 6.60. The van der Waals surface area contributed by atoms with E-state index in [1.807, 2.05) is 0 Å². The first-order chi connectivity index (χ1) is 3.79. The molecule has 0 bridgehead atoms. The first-order valence-electron chi connectivity index (χ1n) is 2.63. The second-order valence-electron chi connectivity index (χ2n) is 1.96. The van der Waals surface area contributed by atoms with Crippen molar-refractivity contribution < 1.29 is 24.1 Å². The summed E-state index contributed by atoms with van der Waals surface area (Å²) >= 11 is 1.46. The summed E-state index contributed by atoms with van der Waals surface area (Å²) in [6.45, 7) is 3.00. The molecule has 0 radical (unpaired) electrons. The quantitative estimate of drug-likeness (QED) is 0.601. The fourth-order valence-corrected chi connectivity index (χ4v) is 1.75. The Hall–Kier alpha value is 0.478. The van der Waals surface area contributed by atoms with Crippen molar-refractivity contribution in [3.05, 3.63) is 0 Å². The molecule has 0 saturated carbocycles. The van der Waals surface area contributed by atoms with Crippen LogP contribution in [-0.2, 0) is 24.1 Å². The van der Waals surface area contributed by atoms with Crippen LogP contribution in [0, 0.1) is 0 Å². The van der Waals surface area contributed by atoms with E-state index in [0.29, 0.717) is 0 Å². The van der Waals surface area contributed by atoms with Crippen LogP contribution in [0.3, 0.4) is 0 Å². The van der Waals surface area contributed by atoms with Crippen molar-refractivity contribution in [2.24, 2.45) is 0 Å². The summed E-state index contributed by atoms with van der Waals surface area (Å²) in [6.07, 6.45) is 0. The SMILES string of the molecule is CN1CCO[C](=[W])C1. The molecule has 0 spiro atoms. The molecule has 1 heterocycles. The second kappa shape index (κ2) is 2.86. The Morgan fingerprint density at radius 3 is 2.88 bits per heavy atom. The van der Waals surface area contributed by atoms with Crippen molar-refractivity contribution in [1.29, 1.82) is 0 Å². The van der Waals surface area contributed by atoms with Gasteiger partial charge >= 0.3 is 59.8 Å². The summed E-state index contributed by atoms with van der Waals surface area (Å²) < 4.78 is 6.48. The Labute approximate surface area is 60.2 Å². The topological polar surface area (TPSA) is 12.5 Å². The summed E-state index contributed by atoms with van der Waals surface area (Å²) in [6, 6.07) is 0. The fraction of sp³-hybridized carbons (Fsp3) is 0.800. The van der Waals surface area contributed by atoms with E-state index >= 15 is 0 Å². The van der Waals surface area contributed by atoms with Gasteiger partial charge in [-0.15, -0.1) is 0 Å². The third-order valence-electron chi connectivity index (χ3n) is 1.14. The van der Waals surface area contributed by atoms with E-state index in [2.05, 4.69) is 11.9 Å². The molecule has 0 amide bonds. The maximum absolute atomic E-state index is 5.26. The van der Waals surface area contributed by atoms with Gasteiger partial charge < -0.3 is 0 Å². The molecule has 0 atom stereocenters. The molecule has 1 aliphatic heterocycles. The average molecular weight is 283 g/mol. The monoisotopic (exact) mass is 283 g/mol. The van der Waals surface area contributed by atoms with Crippen LogP contribution < -0.4 is 0 Å². The predicted octanol–water partition coefficient (Wildman–Crippen LogP) is -0.375. The standard InChI is InChI=1S/C5H9NO.W/c1-6-2-4-7-5-3-6;/h2-4H2,1H3;. The maximum atomic E-state index is 5.26. The molecule has 1 saturated heterocycles. The Balaban J connectivity index is 2.34. The molecule has 0 aliphatic carbocycles. The zero-order chi connectivity index (χ0) is 5.98. The summed E-state index contributed by atoms with van der Waals surface area (Å²) in [5, 5.41) is 0. The molecule has 0 unspecified atom stereocenters. The van der Waals surface area contributed by atoms with E-state index in [4.69, 9.17) is 4.74 Å². The number of ether oxygens (including phenoxy) is 1. The first-order valence-corrected chi connectivity index (χ1v) is 4.10. The third kappa shape index (κ3) is 1.77. The van der Waals surface area contributed by atoms with Gasteiger partial charge in [0.05, 0.1) is 0 Å². The van der Waals surface area contributed by atoms with Gasteiger partial charge in [0.15, 0.2) is 0 Å². The van der Waals surface area contributed by atoms with Crippen molar-refractivity contribution in [2.45, 2.75) is 0 Å². The van der Waals surface area contributed by atoms with Gasteiger partial charge in [0, 0.05) is 0 Å². The zero-order valence-electron chi connectivity index (χ0n) is 4.89. The molecule has 1 rings (SSSR count). The normalized spacial score (nSPS) is 23.9. The molecule has 0 aromatic heterocycles. The average Bonchev–Trinajstić information content (AvgIpc) is 1.64. The van der Waals surface area contributed by atoms with Gasteiger partial charge in [-0.25, -0.2) is 0 Å². The molecule has 3 heteroatoms. The molecule has 0 N–H and O–H groups in total. The summed E-state index contributed by atoms with van der Waals surface area (Å²) in [5.41, 5.74) is 0. The molecular formula is C5H9NOW. The van der Waals surface area contributed by atoms with Crippen LogP contribution in [0.15, 0.2) is 0 Å². The summed E-state index contributed by atoms with van der Waals surface area (Å²) in [7, 11) is 2.12. The van der Waals surface area contributed by atoms with Crippen LogP contribution in [0.25, 0.3) is 0 Å². The van der Waals surface area contributed by atoms with E-state index in [1.54, 1.807) is 0 Å². The summed E-state index contributed by atoms with van der Waals surface area (Å²) in [4.78, 5) is 2.27. The minimum atomic E-state index is 0.884. The predicted molar refractivity (Wildman–Crippen MR) is 28.5 cm³/mol. The Kier molecular flexibility index (Phi) is 2.36. The number of rotatable bonds is 0. The number of nitrogens with zero attached hydrogens (tertiary/aromatic N) is 1. The van der Waals surface area contributed by atoms with Crippen LogP contribution in [0.5, 0.6) is 0 Å². The fourth-order valence-electron chi connectivity index (χ4n) is 0.660. The van der Waals surface area contributed by atoms with Crippen molar-refractivity contribution in [3.8, 4) is 0 Å². The van der Waals surface area contributed by atoms with Gasteiger partial charge in [-0.05, 0) is 0 Å².